The smallest absolute Gasteiger partial charge is 0.328 e. The zero-order valence-corrected chi connectivity index (χ0v) is 9.97. The van der Waals surface area contributed by atoms with Crippen LogP contribution in [0.2, 0.25) is 0 Å². The second kappa shape index (κ2) is 4.56. The number of aromatic nitrogens is 4. The molecule has 6 nitrogen and oxygen atoms in total. The molecule has 0 aliphatic carbocycles. The van der Waals surface area contributed by atoms with E-state index in [1.807, 2.05) is 16.9 Å². The summed E-state index contributed by atoms with van der Waals surface area (Å²) in [7, 11) is 0. The van der Waals surface area contributed by atoms with E-state index in [2.05, 4.69) is 4.98 Å². The summed E-state index contributed by atoms with van der Waals surface area (Å²) in [5.41, 5.74) is -2.28. The van der Waals surface area contributed by atoms with Gasteiger partial charge in [-0.25, -0.2) is 9.78 Å². The Morgan fingerprint density at radius 1 is 1.26 bits per heavy atom. The van der Waals surface area contributed by atoms with Crippen molar-refractivity contribution in [1.29, 1.82) is 0 Å². The van der Waals surface area contributed by atoms with Crippen LogP contribution in [0, 0.1) is 0 Å². The molecule has 0 amide bonds. The van der Waals surface area contributed by atoms with E-state index in [0.717, 1.165) is 11.0 Å². The van der Waals surface area contributed by atoms with E-state index in [4.69, 9.17) is 0 Å². The molecule has 0 aliphatic rings. The van der Waals surface area contributed by atoms with Gasteiger partial charge >= 0.3 is 11.9 Å². The molecule has 0 spiro atoms. The van der Waals surface area contributed by atoms with Crippen molar-refractivity contribution in [2.24, 2.45) is 0 Å². The van der Waals surface area contributed by atoms with Crippen LogP contribution >= 0.6 is 0 Å². The third kappa shape index (κ3) is 2.40. The fourth-order valence-electron chi connectivity index (χ4n) is 1.70. The highest BCUT2D eigenvalue weighted by Crippen LogP contribution is 2.27. The van der Waals surface area contributed by atoms with Gasteiger partial charge < -0.3 is 4.98 Å². The van der Waals surface area contributed by atoms with Crippen LogP contribution in [-0.4, -0.2) is 19.5 Å². The fraction of sp³-hybridized carbons (Fsp3) is 0.500. The maximum absolute atomic E-state index is 12.5. The average molecular weight is 276 g/mol. The Hall–Kier alpha value is -2.06. The average Bonchev–Trinajstić information content (AvgIpc) is 2.73. The summed E-state index contributed by atoms with van der Waals surface area (Å²) in [5.74, 6) is -1.29. The van der Waals surface area contributed by atoms with Crippen LogP contribution in [-0.2, 0) is 12.7 Å². The largest absolute Gasteiger partial charge is 0.449 e. The normalized spacial score (nSPS) is 12.2. The number of fused-ring (bicyclic) bond motifs is 1. The van der Waals surface area contributed by atoms with Crippen LogP contribution in [0.1, 0.15) is 25.6 Å². The van der Waals surface area contributed by atoms with Crippen molar-refractivity contribution in [2.75, 3.05) is 0 Å². The van der Waals surface area contributed by atoms with Gasteiger partial charge in [0, 0.05) is 6.54 Å². The molecule has 0 aromatic carbocycles. The summed E-state index contributed by atoms with van der Waals surface area (Å²) in [6.45, 7) is 2.07. The first-order chi connectivity index (χ1) is 8.84. The van der Waals surface area contributed by atoms with Crippen LogP contribution in [0.4, 0.5) is 13.2 Å². The summed E-state index contributed by atoms with van der Waals surface area (Å²) in [6, 6.07) is 0. The quantitative estimate of drug-likeness (QED) is 0.884. The van der Waals surface area contributed by atoms with Gasteiger partial charge in [-0.05, 0) is 6.42 Å². The molecule has 0 bridgehead atoms. The van der Waals surface area contributed by atoms with Crippen LogP contribution in [0.25, 0.3) is 11.2 Å². The van der Waals surface area contributed by atoms with E-state index in [0.29, 0.717) is 6.42 Å². The van der Waals surface area contributed by atoms with Gasteiger partial charge in [0.25, 0.3) is 5.56 Å². The van der Waals surface area contributed by atoms with E-state index < -0.39 is 23.2 Å². The Bertz CT molecular complexity index is 710. The van der Waals surface area contributed by atoms with Gasteiger partial charge in [0.15, 0.2) is 5.65 Å². The molecular formula is C10H11F3N4O2. The van der Waals surface area contributed by atoms with Gasteiger partial charge in [-0.3, -0.25) is 14.3 Å². The Morgan fingerprint density at radius 3 is 2.53 bits per heavy atom. The lowest BCUT2D eigenvalue weighted by atomic mass is 10.3. The van der Waals surface area contributed by atoms with Gasteiger partial charge in [0.2, 0.25) is 5.82 Å². The molecule has 104 valence electrons. The van der Waals surface area contributed by atoms with Crippen molar-refractivity contribution in [3.05, 3.63) is 26.7 Å². The number of H-pyrrole nitrogens is 2. The lowest BCUT2D eigenvalue weighted by Gasteiger charge is -2.03. The highest BCUT2D eigenvalue weighted by molar-refractivity contribution is 5.69. The third-order valence-corrected chi connectivity index (χ3v) is 2.64. The maximum Gasteiger partial charge on any atom is 0.449 e. The van der Waals surface area contributed by atoms with Crippen LogP contribution < -0.4 is 11.2 Å². The van der Waals surface area contributed by atoms with E-state index in [-0.39, 0.29) is 17.7 Å². The van der Waals surface area contributed by atoms with E-state index in [1.165, 1.54) is 0 Å². The molecule has 2 N–H and O–H groups in total. The minimum atomic E-state index is -4.70. The van der Waals surface area contributed by atoms with Crippen molar-refractivity contribution in [1.82, 2.24) is 19.5 Å². The number of nitrogens with one attached hydrogen (secondary N) is 2. The first-order valence-electron chi connectivity index (χ1n) is 5.64. The van der Waals surface area contributed by atoms with Crippen LogP contribution in [0.3, 0.4) is 0 Å². The minimum absolute atomic E-state index is 0.199. The number of alkyl halides is 3. The number of unbranched alkanes of at least 4 members (excludes halogenated alkanes) is 1. The molecule has 0 aliphatic heterocycles. The SMILES string of the molecule is CCCCn1c(=O)[nH]c(=O)c2[nH]c(C(F)(F)F)nc21. The number of hydrogen-bond acceptors (Lipinski definition) is 3. The summed E-state index contributed by atoms with van der Waals surface area (Å²) in [6.07, 6.45) is -3.35. The van der Waals surface area contributed by atoms with Crippen LogP contribution in [0.5, 0.6) is 0 Å². The molecule has 2 rings (SSSR count). The Morgan fingerprint density at radius 2 is 1.95 bits per heavy atom. The number of halogens is 3. The number of aromatic amines is 2. The highest BCUT2D eigenvalue weighted by atomic mass is 19.4. The number of imidazole rings is 1. The second-order valence-corrected chi connectivity index (χ2v) is 4.05. The van der Waals surface area contributed by atoms with Crippen molar-refractivity contribution < 1.29 is 13.2 Å². The molecule has 0 radical (unpaired) electrons. The van der Waals surface area contributed by atoms with Crippen molar-refractivity contribution >= 4 is 11.2 Å². The lowest BCUT2D eigenvalue weighted by molar-refractivity contribution is -0.144. The highest BCUT2D eigenvalue weighted by Gasteiger charge is 2.35. The molecule has 2 aromatic heterocycles. The standard InChI is InChI=1S/C10H11F3N4O2/c1-2-3-4-17-6-5(7(18)16-9(17)19)14-8(15-6)10(11,12)13/h2-4H2,1H3,(H,14,15)(H,16,18,19). The van der Waals surface area contributed by atoms with E-state index in [9.17, 15) is 22.8 Å². The fourth-order valence-corrected chi connectivity index (χ4v) is 1.70. The molecule has 19 heavy (non-hydrogen) atoms. The van der Waals surface area contributed by atoms with Crippen molar-refractivity contribution in [2.45, 2.75) is 32.5 Å². The lowest BCUT2D eigenvalue weighted by Crippen LogP contribution is -2.30. The Labute approximate surface area is 104 Å². The molecule has 0 unspecified atom stereocenters. The predicted molar refractivity (Wildman–Crippen MR) is 60.9 cm³/mol. The summed E-state index contributed by atoms with van der Waals surface area (Å²) in [4.78, 5) is 30.2. The zero-order chi connectivity index (χ0) is 14.2. The second-order valence-electron chi connectivity index (χ2n) is 4.05. The number of rotatable bonds is 3. The topological polar surface area (TPSA) is 83.5 Å². The van der Waals surface area contributed by atoms with Gasteiger partial charge in [-0.1, -0.05) is 13.3 Å². The molecular weight excluding hydrogens is 265 g/mol. The molecule has 0 saturated heterocycles. The first-order valence-corrected chi connectivity index (χ1v) is 5.64. The first kappa shape index (κ1) is 13.4. The predicted octanol–water partition coefficient (Wildman–Crippen LogP) is 1.23. The Balaban J connectivity index is 2.71. The Kier molecular flexibility index (Phi) is 3.21. The number of aryl methyl sites for hydroxylation is 1. The van der Waals surface area contributed by atoms with Gasteiger partial charge in [0.05, 0.1) is 0 Å². The van der Waals surface area contributed by atoms with Crippen LogP contribution in [0.15, 0.2) is 9.59 Å². The molecule has 2 heterocycles. The molecule has 0 saturated carbocycles. The molecule has 0 fully saturated rings. The van der Waals surface area contributed by atoms with Crippen molar-refractivity contribution in [3.63, 3.8) is 0 Å². The van der Waals surface area contributed by atoms with E-state index >= 15 is 0 Å². The summed E-state index contributed by atoms with van der Waals surface area (Å²) >= 11 is 0. The minimum Gasteiger partial charge on any atom is -0.328 e. The van der Waals surface area contributed by atoms with Crippen molar-refractivity contribution in [3.8, 4) is 0 Å². The third-order valence-electron chi connectivity index (χ3n) is 2.64. The summed E-state index contributed by atoms with van der Waals surface area (Å²) < 4.78 is 38.7. The van der Waals surface area contributed by atoms with E-state index in [1.54, 1.807) is 0 Å². The number of nitrogens with zero attached hydrogens (tertiary/aromatic N) is 2. The van der Waals surface area contributed by atoms with Gasteiger partial charge in [0.1, 0.15) is 5.52 Å². The maximum atomic E-state index is 12.5. The number of hydrogen-bond donors (Lipinski definition) is 2. The molecule has 9 heteroatoms. The summed E-state index contributed by atoms with van der Waals surface area (Å²) in [5, 5.41) is 0. The zero-order valence-electron chi connectivity index (χ0n) is 9.97. The van der Waals surface area contributed by atoms with Gasteiger partial charge in [-0.15, -0.1) is 0 Å². The molecule has 0 atom stereocenters. The monoisotopic (exact) mass is 276 g/mol. The van der Waals surface area contributed by atoms with Gasteiger partial charge in [-0.2, -0.15) is 13.2 Å². The molecule has 2 aromatic rings.